The number of nitrogens with zero attached hydrogens (tertiary/aromatic N) is 5. The summed E-state index contributed by atoms with van der Waals surface area (Å²) in [5, 5.41) is 9.02. The van der Waals surface area contributed by atoms with Crippen molar-refractivity contribution in [1.29, 1.82) is 0 Å². The predicted octanol–water partition coefficient (Wildman–Crippen LogP) is 1.08. The molecule has 0 saturated carbocycles. The predicted molar refractivity (Wildman–Crippen MR) is 99.1 cm³/mol. The quantitative estimate of drug-likeness (QED) is 0.794. The topological polar surface area (TPSA) is 72.8 Å². The molecule has 1 aromatic heterocycles. The molecule has 0 spiro atoms. The highest BCUT2D eigenvalue weighted by Gasteiger charge is 2.28. The number of aliphatic hydroxyl groups excluding tert-OH is 1. The normalized spacial score (nSPS) is 17.4. The molecule has 25 heavy (non-hydrogen) atoms. The lowest BCUT2D eigenvalue weighted by molar-refractivity contribution is 0.0741. The van der Waals surface area contributed by atoms with Crippen molar-refractivity contribution in [1.82, 2.24) is 19.8 Å². The van der Waals surface area contributed by atoms with Crippen molar-refractivity contribution in [3.8, 4) is 0 Å². The molecule has 0 bridgehead atoms. The lowest BCUT2D eigenvalue weighted by atomic mass is 10.2. The summed E-state index contributed by atoms with van der Waals surface area (Å²) in [7, 11) is 4.20. The minimum Gasteiger partial charge on any atom is -0.396 e. The Morgan fingerprint density at radius 2 is 2.04 bits per heavy atom. The fourth-order valence-electron chi connectivity index (χ4n) is 3.18. The second kappa shape index (κ2) is 8.58. The van der Waals surface area contributed by atoms with E-state index in [2.05, 4.69) is 33.9 Å². The number of aromatic nitrogens is 2. The first kappa shape index (κ1) is 19.6. The number of likely N-dealkylation sites (N-methyl/N-ethyl adjacent to an activating group) is 1. The lowest BCUT2D eigenvalue weighted by Gasteiger charge is -2.24. The second-order valence-corrected chi connectivity index (χ2v) is 6.90. The average molecular weight is 349 g/mol. The Hall–Kier alpha value is -1.73. The minimum absolute atomic E-state index is 0.0719. The summed E-state index contributed by atoms with van der Waals surface area (Å²) in [6.45, 7) is 8.91. The highest BCUT2D eigenvalue weighted by atomic mass is 16.3. The van der Waals surface area contributed by atoms with Gasteiger partial charge in [-0.1, -0.05) is 0 Å². The first-order chi connectivity index (χ1) is 11.9. The highest BCUT2D eigenvalue weighted by molar-refractivity contribution is 5.91. The van der Waals surface area contributed by atoms with Gasteiger partial charge in [-0.2, -0.15) is 0 Å². The maximum Gasteiger partial charge on any atom is 0.291 e. The minimum atomic E-state index is -0.163. The van der Waals surface area contributed by atoms with Crippen LogP contribution in [-0.2, 0) is 0 Å². The van der Waals surface area contributed by atoms with Crippen LogP contribution in [-0.4, -0.2) is 83.7 Å². The van der Waals surface area contributed by atoms with Crippen molar-refractivity contribution in [2.24, 2.45) is 0 Å². The van der Waals surface area contributed by atoms with Crippen LogP contribution in [0.3, 0.4) is 0 Å². The van der Waals surface area contributed by atoms with Gasteiger partial charge < -0.3 is 19.8 Å². The van der Waals surface area contributed by atoms with Gasteiger partial charge in [0, 0.05) is 50.1 Å². The molecule has 0 radical (unpaired) electrons. The van der Waals surface area contributed by atoms with E-state index in [1.165, 1.54) is 0 Å². The Bertz CT molecular complexity index is 605. The van der Waals surface area contributed by atoms with Gasteiger partial charge >= 0.3 is 0 Å². The number of rotatable bonds is 7. The van der Waals surface area contributed by atoms with Crippen molar-refractivity contribution >= 4 is 11.7 Å². The zero-order valence-corrected chi connectivity index (χ0v) is 16.1. The van der Waals surface area contributed by atoms with Crippen LogP contribution in [0, 0.1) is 13.8 Å². The van der Waals surface area contributed by atoms with Gasteiger partial charge in [0.15, 0.2) is 0 Å². The number of amides is 1. The third kappa shape index (κ3) is 4.46. The zero-order chi connectivity index (χ0) is 18.6. The van der Waals surface area contributed by atoms with Crippen LogP contribution in [0.5, 0.6) is 0 Å². The maximum absolute atomic E-state index is 12.8. The Morgan fingerprint density at radius 3 is 2.60 bits per heavy atom. The molecule has 1 amide bonds. The Morgan fingerprint density at radius 1 is 1.32 bits per heavy atom. The summed E-state index contributed by atoms with van der Waals surface area (Å²) in [5.74, 6) is 0.966. The molecule has 1 aliphatic rings. The highest BCUT2D eigenvalue weighted by Crippen LogP contribution is 2.25. The average Bonchev–Trinajstić information content (AvgIpc) is 3.07. The first-order valence-electron chi connectivity index (χ1n) is 9.05. The molecule has 2 rings (SSSR count). The van der Waals surface area contributed by atoms with Gasteiger partial charge in [-0.15, -0.1) is 0 Å². The summed E-state index contributed by atoms with van der Waals surface area (Å²) >= 11 is 0. The fraction of sp³-hybridized carbons (Fsp3) is 0.722. The number of hydrogen-bond donors (Lipinski definition) is 1. The van der Waals surface area contributed by atoms with Crippen molar-refractivity contribution in [3.63, 3.8) is 0 Å². The molecular formula is C18H31N5O2. The van der Waals surface area contributed by atoms with Crippen LogP contribution in [0.4, 0.5) is 5.82 Å². The number of aryl methyl sites for hydroxylation is 1. The van der Waals surface area contributed by atoms with E-state index in [9.17, 15) is 4.79 Å². The molecule has 1 saturated heterocycles. The van der Waals surface area contributed by atoms with E-state index in [1.807, 2.05) is 20.8 Å². The Balaban J connectivity index is 2.27. The standard InChI is InChI=1S/C18H31N5O2/c1-6-22(9-7-11-24)18(25)16-19-14(3)13(2)17(20-16)23-10-8-15(12-23)21(4)5/h15,24H,6-12H2,1-5H3/t15-/m1/s1. The maximum atomic E-state index is 12.8. The van der Waals surface area contributed by atoms with Crippen LogP contribution < -0.4 is 4.90 Å². The summed E-state index contributed by atoms with van der Waals surface area (Å²) in [6.07, 6.45) is 1.66. The van der Waals surface area contributed by atoms with Crippen molar-refractivity contribution < 1.29 is 9.90 Å². The van der Waals surface area contributed by atoms with E-state index in [4.69, 9.17) is 5.11 Å². The molecule has 0 aromatic carbocycles. The van der Waals surface area contributed by atoms with Gasteiger partial charge in [0.05, 0.1) is 0 Å². The number of carbonyl (C=O) groups is 1. The van der Waals surface area contributed by atoms with Gasteiger partial charge in [0.25, 0.3) is 5.91 Å². The summed E-state index contributed by atoms with van der Waals surface area (Å²) < 4.78 is 0. The van der Waals surface area contributed by atoms with E-state index in [1.54, 1.807) is 4.90 Å². The van der Waals surface area contributed by atoms with Gasteiger partial charge in [0.2, 0.25) is 5.82 Å². The van der Waals surface area contributed by atoms with Crippen LogP contribution in [0.25, 0.3) is 0 Å². The SMILES string of the molecule is CCN(CCCO)C(=O)c1nc(C)c(C)c(N2CC[C@@H](N(C)C)C2)n1. The molecular weight excluding hydrogens is 318 g/mol. The van der Waals surface area contributed by atoms with E-state index < -0.39 is 0 Å². The van der Waals surface area contributed by atoms with Crippen molar-refractivity contribution in [3.05, 3.63) is 17.1 Å². The third-order valence-electron chi connectivity index (χ3n) is 5.00. The number of anilines is 1. The Kier molecular flexibility index (Phi) is 6.72. The molecule has 1 atom stereocenters. The molecule has 1 fully saturated rings. The molecule has 1 aromatic rings. The first-order valence-corrected chi connectivity index (χ1v) is 9.05. The van der Waals surface area contributed by atoms with Crippen LogP contribution >= 0.6 is 0 Å². The molecule has 1 aliphatic heterocycles. The zero-order valence-electron chi connectivity index (χ0n) is 16.1. The third-order valence-corrected chi connectivity index (χ3v) is 5.00. The van der Waals surface area contributed by atoms with Gasteiger partial charge in [-0.25, -0.2) is 9.97 Å². The summed E-state index contributed by atoms with van der Waals surface area (Å²) in [6, 6.07) is 0.505. The smallest absolute Gasteiger partial charge is 0.291 e. The van der Waals surface area contributed by atoms with E-state index in [0.29, 0.717) is 25.6 Å². The van der Waals surface area contributed by atoms with Gasteiger partial charge in [0.1, 0.15) is 5.82 Å². The van der Waals surface area contributed by atoms with Crippen molar-refractivity contribution in [2.45, 2.75) is 39.7 Å². The van der Waals surface area contributed by atoms with E-state index >= 15 is 0 Å². The summed E-state index contributed by atoms with van der Waals surface area (Å²) in [5.41, 5.74) is 1.88. The van der Waals surface area contributed by atoms with Crippen LogP contribution in [0.15, 0.2) is 0 Å². The van der Waals surface area contributed by atoms with E-state index in [-0.39, 0.29) is 18.3 Å². The lowest BCUT2D eigenvalue weighted by Crippen LogP contribution is -2.35. The molecule has 0 aliphatic carbocycles. The molecule has 7 heteroatoms. The van der Waals surface area contributed by atoms with Crippen LogP contribution in [0.2, 0.25) is 0 Å². The summed E-state index contributed by atoms with van der Waals surface area (Å²) in [4.78, 5) is 28.0. The fourth-order valence-corrected chi connectivity index (χ4v) is 3.18. The van der Waals surface area contributed by atoms with Gasteiger partial charge in [-0.3, -0.25) is 4.79 Å². The molecule has 0 unspecified atom stereocenters. The van der Waals surface area contributed by atoms with Crippen LogP contribution in [0.1, 0.15) is 41.6 Å². The molecule has 7 nitrogen and oxygen atoms in total. The molecule has 1 N–H and O–H groups in total. The largest absolute Gasteiger partial charge is 0.396 e. The van der Waals surface area contributed by atoms with Crippen molar-refractivity contribution in [2.75, 3.05) is 51.8 Å². The number of aliphatic hydroxyl groups is 1. The monoisotopic (exact) mass is 349 g/mol. The Labute approximate surface area is 150 Å². The van der Waals surface area contributed by atoms with Gasteiger partial charge in [-0.05, 0) is 47.7 Å². The second-order valence-electron chi connectivity index (χ2n) is 6.90. The molecule has 2 heterocycles. The molecule has 140 valence electrons. The number of carbonyl (C=O) groups excluding carboxylic acids is 1. The number of hydrogen-bond acceptors (Lipinski definition) is 6. The van der Waals surface area contributed by atoms with E-state index in [0.717, 1.165) is 36.6 Å².